The minimum Gasteiger partial charge on any atom is -0.349 e. The Hall–Kier alpha value is -1.95. The summed E-state index contributed by atoms with van der Waals surface area (Å²) in [5.41, 5.74) is 2.10. The lowest BCUT2D eigenvalue weighted by Crippen LogP contribution is -2.36. The van der Waals surface area contributed by atoms with Crippen molar-refractivity contribution in [2.45, 2.75) is 45.7 Å². The van der Waals surface area contributed by atoms with Gasteiger partial charge in [-0.1, -0.05) is 18.5 Å². The molecule has 1 aliphatic carbocycles. The van der Waals surface area contributed by atoms with E-state index in [-0.39, 0.29) is 17.9 Å². The fraction of sp³-hybridized carbons (Fsp3) is 0.500. The zero-order valence-electron chi connectivity index (χ0n) is 13.3. The summed E-state index contributed by atoms with van der Waals surface area (Å²) in [6.07, 6.45) is 8.04. The predicted molar refractivity (Wildman–Crippen MR) is 87.0 cm³/mol. The summed E-state index contributed by atoms with van der Waals surface area (Å²) in [6, 6.07) is -0.00416. The first kappa shape index (κ1) is 15.9. The maximum Gasteiger partial charge on any atom is 0.225 e. The van der Waals surface area contributed by atoms with Gasteiger partial charge in [0.15, 0.2) is 0 Å². The molecular weight excluding hydrogens is 314 g/mol. The van der Waals surface area contributed by atoms with E-state index in [0.29, 0.717) is 11.6 Å². The molecule has 0 fully saturated rings. The largest absolute Gasteiger partial charge is 0.349 e. The molecule has 2 atom stereocenters. The van der Waals surface area contributed by atoms with Crippen LogP contribution in [0.5, 0.6) is 0 Å². The van der Waals surface area contributed by atoms with Crippen molar-refractivity contribution in [2.75, 3.05) is 0 Å². The van der Waals surface area contributed by atoms with Crippen molar-refractivity contribution >= 4 is 17.5 Å². The van der Waals surface area contributed by atoms with Gasteiger partial charge < -0.3 is 5.32 Å². The Morgan fingerprint density at radius 2 is 2.35 bits per heavy atom. The van der Waals surface area contributed by atoms with Gasteiger partial charge in [0.05, 0.1) is 29.7 Å². The Labute approximate surface area is 140 Å². The average molecular weight is 334 g/mol. The normalized spacial score (nSPS) is 18.3. The van der Waals surface area contributed by atoms with Gasteiger partial charge in [0.25, 0.3) is 0 Å². The minimum absolute atomic E-state index is 0.00416. The first-order valence-corrected chi connectivity index (χ1v) is 8.21. The van der Waals surface area contributed by atoms with Crippen LogP contribution >= 0.6 is 11.6 Å². The third-order valence-corrected chi connectivity index (χ3v) is 4.32. The molecule has 23 heavy (non-hydrogen) atoms. The van der Waals surface area contributed by atoms with Gasteiger partial charge in [-0.25, -0.2) is 9.97 Å². The molecule has 1 N–H and O–H groups in total. The van der Waals surface area contributed by atoms with E-state index >= 15 is 0 Å². The molecule has 2 aromatic rings. The molecular formula is C16H20ClN5O. The Morgan fingerprint density at radius 1 is 1.52 bits per heavy atom. The predicted octanol–water partition coefficient (Wildman–Crippen LogP) is 2.46. The molecule has 3 rings (SSSR count). The van der Waals surface area contributed by atoms with Gasteiger partial charge in [-0.05, 0) is 26.2 Å². The molecule has 2 heterocycles. The van der Waals surface area contributed by atoms with Crippen LogP contribution in [0.2, 0.25) is 5.02 Å². The molecule has 0 saturated carbocycles. The molecule has 0 unspecified atom stereocenters. The van der Waals surface area contributed by atoms with Crippen LogP contribution in [0, 0.1) is 12.8 Å². The summed E-state index contributed by atoms with van der Waals surface area (Å²) in [7, 11) is 0. The summed E-state index contributed by atoms with van der Waals surface area (Å²) in [6.45, 7) is 4.28. The van der Waals surface area contributed by atoms with Crippen molar-refractivity contribution in [3.63, 3.8) is 0 Å². The van der Waals surface area contributed by atoms with E-state index < -0.39 is 0 Å². The summed E-state index contributed by atoms with van der Waals surface area (Å²) >= 11 is 5.85. The number of hydrogen-bond acceptors (Lipinski definition) is 4. The molecule has 0 radical (unpaired) electrons. The highest BCUT2D eigenvalue weighted by molar-refractivity contribution is 6.30. The van der Waals surface area contributed by atoms with Gasteiger partial charge in [0, 0.05) is 23.7 Å². The Kier molecular flexibility index (Phi) is 4.61. The van der Waals surface area contributed by atoms with Gasteiger partial charge in [-0.3, -0.25) is 9.48 Å². The van der Waals surface area contributed by atoms with Crippen LogP contribution in [-0.4, -0.2) is 25.7 Å². The van der Waals surface area contributed by atoms with Crippen molar-refractivity contribution in [3.05, 3.63) is 40.7 Å². The van der Waals surface area contributed by atoms with Crippen molar-refractivity contribution in [2.24, 2.45) is 5.92 Å². The van der Waals surface area contributed by atoms with Crippen LogP contribution in [0.15, 0.2) is 18.6 Å². The number of nitrogens with one attached hydrogen (secondary N) is 1. The summed E-state index contributed by atoms with van der Waals surface area (Å²) in [5.74, 6) is 0.595. The number of amides is 1. The number of hydrogen-bond donors (Lipinski definition) is 1. The lowest BCUT2D eigenvalue weighted by Gasteiger charge is -2.26. The van der Waals surface area contributed by atoms with Crippen LogP contribution in [0.4, 0.5) is 0 Å². The lowest BCUT2D eigenvalue weighted by molar-refractivity contribution is -0.125. The van der Waals surface area contributed by atoms with Gasteiger partial charge in [-0.15, -0.1) is 0 Å². The van der Waals surface area contributed by atoms with Gasteiger partial charge >= 0.3 is 0 Å². The number of halogens is 1. The third kappa shape index (κ3) is 3.69. The van der Waals surface area contributed by atoms with E-state index in [4.69, 9.17) is 11.6 Å². The first-order valence-electron chi connectivity index (χ1n) is 7.83. The zero-order chi connectivity index (χ0) is 16.4. The second-order valence-electron chi connectivity index (χ2n) is 6.05. The van der Waals surface area contributed by atoms with Crippen molar-refractivity contribution < 1.29 is 4.79 Å². The first-order chi connectivity index (χ1) is 11.0. The second kappa shape index (κ2) is 6.66. The number of nitrogens with zero attached hydrogens (tertiary/aromatic N) is 4. The highest BCUT2D eigenvalue weighted by Gasteiger charge is 2.25. The molecule has 1 amide bonds. The summed E-state index contributed by atoms with van der Waals surface area (Å²) < 4.78 is 1.69. The standard InChI is InChI=1S/C16H20ClN5O/c1-10(8-22-9-12(17)6-19-22)16(23)21-15-5-3-4-14-13(15)7-18-11(2)20-14/h6-7,9-10,15H,3-5,8H2,1-2H3,(H,21,23)/t10-,15+/m0/s1. The van der Waals surface area contributed by atoms with E-state index in [1.807, 2.05) is 20.0 Å². The molecule has 7 heteroatoms. The lowest BCUT2D eigenvalue weighted by atomic mass is 9.92. The van der Waals surface area contributed by atoms with E-state index in [0.717, 1.165) is 36.3 Å². The van der Waals surface area contributed by atoms with E-state index in [9.17, 15) is 4.79 Å². The zero-order valence-corrected chi connectivity index (χ0v) is 14.0. The number of carbonyl (C=O) groups is 1. The quantitative estimate of drug-likeness (QED) is 0.932. The maximum atomic E-state index is 12.5. The Balaban J connectivity index is 1.66. The molecule has 0 aliphatic heterocycles. The van der Waals surface area contributed by atoms with E-state index in [1.165, 1.54) is 0 Å². The number of rotatable bonds is 4. The van der Waals surface area contributed by atoms with Crippen molar-refractivity contribution in [3.8, 4) is 0 Å². The molecule has 6 nitrogen and oxygen atoms in total. The van der Waals surface area contributed by atoms with Gasteiger partial charge in [0.2, 0.25) is 5.91 Å². The molecule has 0 saturated heterocycles. The molecule has 0 bridgehead atoms. The maximum absolute atomic E-state index is 12.5. The summed E-state index contributed by atoms with van der Waals surface area (Å²) in [4.78, 5) is 21.2. The van der Waals surface area contributed by atoms with Gasteiger partial charge in [0.1, 0.15) is 5.82 Å². The Morgan fingerprint density at radius 3 is 3.09 bits per heavy atom. The minimum atomic E-state index is -0.192. The smallest absolute Gasteiger partial charge is 0.225 e. The fourth-order valence-corrected chi connectivity index (χ4v) is 3.07. The van der Waals surface area contributed by atoms with Crippen LogP contribution in [-0.2, 0) is 17.8 Å². The highest BCUT2D eigenvalue weighted by atomic mass is 35.5. The van der Waals surface area contributed by atoms with Gasteiger partial charge in [-0.2, -0.15) is 5.10 Å². The number of aryl methyl sites for hydroxylation is 2. The monoisotopic (exact) mass is 333 g/mol. The molecule has 1 aliphatic rings. The fourth-order valence-electron chi connectivity index (χ4n) is 2.91. The van der Waals surface area contributed by atoms with Crippen LogP contribution in [0.3, 0.4) is 0 Å². The third-order valence-electron chi connectivity index (χ3n) is 4.13. The molecule has 0 spiro atoms. The number of aromatic nitrogens is 4. The van der Waals surface area contributed by atoms with Crippen molar-refractivity contribution in [1.82, 2.24) is 25.1 Å². The second-order valence-corrected chi connectivity index (χ2v) is 6.49. The van der Waals surface area contributed by atoms with Crippen LogP contribution in [0.25, 0.3) is 0 Å². The summed E-state index contributed by atoms with van der Waals surface area (Å²) in [5, 5.41) is 7.82. The number of carbonyl (C=O) groups excluding carboxylic acids is 1. The molecule has 0 aromatic carbocycles. The number of fused-ring (bicyclic) bond motifs is 1. The highest BCUT2D eigenvalue weighted by Crippen LogP contribution is 2.28. The van der Waals surface area contributed by atoms with Crippen LogP contribution < -0.4 is 5.32 Å². The van der Waals surface area contributed by atoms with E-state index in [2.05, 4.69) is 20.4 Å². The topological polar surface area (TPSA) is 72.7 Å². The van der Waals surface area contributed by atoms with E-state index in [1.54, 1.807) is 17.1 Å². The van der Waals surface area contributed by atoms with Crippen LogP contribution in [0.1, 0.15) is 42.9 Å². The molecule has 122 valence electrons. The SMILES string of the molecule is Cc1ncc2c(n1)CCC[C@H]2NC(=O)[C@@H](C)Cn1cc(Cl)cn1. The molecule has 2 aromatic heterocycles. The average Bonchev–Trinajstić information content (AvgIpc) is 2.92. The Bertz CT molecular complexity index is 714. The van der Waals surface area contributed by atoms with Crippen molar-refractivity contribution in [1.29, 1.82) is 0 Å².